The molecule has 5 atom stereocenters. The van der Waals surface area contributed by atoms with Crippen molar-refractivity contribution in [3.8, 4) is 0 Å². The molecular weight excluding hydrogens is 210 g/mol. The Morgan fingerprint density at radius 2 is 1.93 bits per heavy atom. The molecule has 0 radical (unpaired) electrons. The third kappa shape index (κ3) is 2.03. The second-order valence-corrected chi connectivity index (χ2v) is 3.11. The molecule has 0 aliphatic carbocycles. The molecular formula is C6H11N3O6. The molecule has 0 unspecified atom stereocenters. The summed E-state index contributed by atoms with van der Waals surface area (Å²) in [7, 11) is 0. The summed E-state index contributed by atoms with van der Waals surface area (Å²) in [5.41, 5.74) is 8.11. The first-order valence-electron chi connectivity index (χ1n) is 4.07. The van der Waals surface area contributed by atoms with Crippen LogP contribution in [-0.4, -0.2) is 62.5 Å². The highest BCUT2D eigenvalue weighted by Crippen LogP contribution is 2.29. The predicted molar refractivity (Wildman–Crippen MR) is 44.1 cm³/mol. The zero-order valence-corrected chi connectivity index (χ0v) is 7.50. The van der Waals surface area contributed by atoms with Crippen molar-refractivity contribution >= 4 is 0 Å². The fourth-order valence-corrected chi connectivity index (χ4v) is 1.28. The van der Waals surface area contributed by atoms with Crippen LogP contribution in [0.1, 0.15) is 0 Å². The molecule has 1 saturated heterocycles. The number of hydrogen-bond acceptors (Lipinski definition) is 7. The second-order valence-electron chi connectivity index (χ2n) is 3.11. The van der Waals surface area contributed by atoms with E-state index in [0.29, 0.717) is 0 Å². The van der Waals surface area contributed by atoms with Crippen LogP contribution in [0, 0.1) is 0 Å². The van der Waals surface area contributed by atoms with E-state index in [0.717, 1.165) is 0 Å². The molecule has 86 valence electrons. The molecule has 0 aromatic rings. The Labute approximate surface area is 83.8 Å². The van der Waals surface area contributed by atoms with Crippen molar-refractivity contribution in [1.82, 2.24) is 0 Å². The molecule has 9 nitrogen and oxygen atoms in total. The summed E-state index contributed by atoms with van der Waals surface area (Å²) in [6.07, 6.45) is -6.71. The van der Waals surface area contributed by atoms with Crippen LogP contribution in [0.5, 0.6) is 0 Å². The average molecular weight is 221 g/mol. The average Bonchev–Trinajstić information content (AvgIpc) is 2.21. The van der Waals surface area contributed by atoms with Gasteiger partial charge in [-0.15, -0.1) is 0 Å². The van der Waals surface area contributed by atoms with Crippen LogP contribution in [0.4, 0.5) is 0 Å². The summed E-state index contributed by atoms with van der Waals surface area (Å²) in [5, 5.41) is 48.8. The topological polar surface area (TPSA) is 159 Å². The van der Waals surface area contributed by atoms with Gasteiger partial charge in [0.2, 0.25) is 0 Å². The summed E-state index contributed by atoms with van der Waals surface area (Å²) in [4.78, 5) is 2.23. The van der Waals surface area contributed by atoms with E-state index < -0.39 is 36.9 Å². The van der Waals surface area contributed by atoms with Crippen molar-refractivity contribution < 1.29 is 30.3 Å². The summed E-state index contributed by atoms with van der Waals surface area (Å²) in [5.74, 6) is -2.69. The largest absolute Gasteiger partial charge is 0.394 e. The molecule has 1 rings (SSSR count). The molecule has 0 aromatic carbocycles. The first-order chi connectivity index (χ1) is 6.96. The fourth-order valence-electron chi connectivity index (χ4n) is 1.28. The van der Waals surface area contributed by atoms with Crippen molar-refractivity contribution in [3.63, 3.8) is 0 Å². The normalized spacial score (nSPS) is 45.9. The molecule has 9 heteroatoms. The minimum Gasteiger partial charge on any atom is -0.394 e. The third-order valence-corrected chi connectivity index (χ3v) is 2.13. The van der Waals surface area contributed by atoms with Gasteiger partial charge in [0.25, 0.3) is 5.91 Å². The SMILES string of the molecule is [N-]=[N+]=N[C@@]1(O)O[C@H](CO)[C@@H](O)[C@H](O)[C@@H]1O. The van der Waals surface area contributed by atoms with E-state index in [1.165, 1.54) is 0 Å². The van der Waals surface area contributed by atoms with Crippen molar-refractivity contribution in [1.29, 1.82) is 0 Å². The highest BCUT2D eigenvalue weighted by Gasteiger charge is 2.52. The van der Waals surface area contributed by atoms with Gasteiger partial charge >= 0.3 is 0 Å². The van der Waals surface area contributed by atoms with Crippen molar-refractivity contribution in [2.24, 2.45) is 5.11 Å². The van der Waals surface area contributed by atoms with Crippen LogP contribution in [0.2, 0.25) is 0 Å². The lowest BCUT2D eigenvalue weighted by molar-refractivity contribution is -0.346. The van der Waals surface area contributed by atoms with Crippen LogP contribution in [0.25, 0.3) is 10.4 Å². The quantitative estimate of drug-likeness (QED) is 0.195. The zero-order chi connectivity index (χ0) is 11.6. The summed E-state index contributed by atoms with van der Waals surface area (Å²) < 4.78 is 4.58. The molecule has 5 N–H and O–H groups in total. The maximum atomic E-state index is 9.45. The van der Waals surface area contributed by atoms with Gasteiger partial charge in [0.15, 0.2) is 0 Å². The van der Waals surface area contributed by atoms with Gasteiger partial charge in [-0.1, -0.05) is 0 Å². The van der Waals surface area contributed by atoms with E-state index in [9.17, 15) is 20.4 Å². The Hall–Kier alpha value is -0.930. The van der Waals surface area contributed by atoms with E-state index in [2.05, 4.69) is 14.8 Å². The van der Waals surface area contributed by atoms with Crippen molar-refractivity contribution in [3.05, 3.63) is 10.4 Å². The highest BCUT2D eigenvalue weighted by molar-refractivity contribution is 4.94. The molecule has 0 spiro atoms. The van der Waals surface area contributed by atoms with Gasteiger partial charge in [0.1, 0.15) is 24.4 Å². The lowest BCUT2D eigenvalue weighted by atomic mass is 9.97. The molecule has 1 aliphatic rings. The van der Waals surface area contributed by atoms with Crippen LogP contribution >= 0.6 is 0 Å². The zero-order valence-electron chi connectivity index (χ0n) is 7.50. The summed E-state index contributed by atoms with van der Waals surface area (Å²) in [6, 6.07) is 0. The second kappa shape index (κ2) is 4.29. The number of nitrogens with zero attached hydrogens (tertiary/aromatic N) is 3. The van der Waals surface area contributed by atoms with Gasteiger partial charge in [-0.25, -0.2) is 0 Å². The Balaban J connectivity index is 2.97. The van der Waals surface area contributed by atoms with Crippen molar-refractivity contribution in [2.75, 3.05) is 6.61 Å². The van der Waals surface area contributed by atoms with E-state index in [-0.39, 0.29) is 0 Å². The van der Waals surface area contributed by atoms with Crippen LogP contribution in [0.3, 0.4) is 0 Å². The minimum absolute atomic E-state index is 0.714. The van der Waals surface area contributed by atoms with Crippen LogP contribution in [-0.2, 0) is 4.74 Å². The minimum atomic E-state index is -2.69. The molecule has 1 aliphatic heterocycles. The predicted octanol–water partition coefficient (Wildman–Crippen LogP) is -2.58. The maximum Gasteiger partial charge on any atom is 0.276 e. The number of rotatable bonds is 2. The van der Waals surface area contributed by atoms with E-state index in [1.54, 1.807) is 0 Å². The standard InChI is InChI=1S/C6H11N3O6/c7-9-8-6(14)5(13)4(12)3(11)2(1-10)15-6/h2-5,10-14H,1H2/t2-,3-,4+,5+,6+/m1/s1. The molecule has 1 heterocycles. The summed E-state index contributed by atoms with van der Waals surface area (Å²) in [6.45, 7) is -0.714. The number of ether oxygens (including phenoxy) is 1. The Kier molecular flexibility index (Phi) is 3.47. The number of hydrogen-bond donors (Lipinski definition) is 5. The lowest BCUT2D eigenvalue weighted by Gasteiger charge is -2.42. The molecule has 0 saturated carbocycles. The molecule has 1 fully saturated rings. The van der Waals surface area contributed by atoms with Gasteiger partial charge in [-0.2, -0.15) is 0 Å². The maximum absolute atomic E-state index is 9.45. The van der Waals surface area contributed by atoms with Gasteiger partial charge in [-0.3, -0.25) is 0 Å². The third-order valence-electron chi connectivity index (χ3n) is 2.13. The molecule has 0 amide bonds. The van der Waals surface area contributed by atoms with E-state index in [4.69, 9.17) is 10.6 Å². The van der Waals surface area contributed by atoms with E-state index >= 15 is 0 Å². The summed E-state index contributed by atoms with van der Waals surface area (Å²) >= 11 is 0. The monoisotopic (exact) mass is 221 g/mol. The first-order valence-corrected chi connectivity index (χ1v) is 4.07. The highest BCUT2D eigenvalue weighted by atomic mass is 16.7. The van der Waals surface area contributed by atoms with Gasteiger partial charge < -0.3 is 30.3 Å². The van der Waals surface area contributed by atoms with Crippen LogP contribution in [0.15, 0.2) is 5.11 Å². The molecule has 0 bridgehead atoms. The molecule has 15 heavy (non-hydrogen) atoms. The van der Waals surface area contributed by atoms with Crippen molar-refractivity contribution in [2.45, 2.75) is 30.3 Å². The Bertz CT molecular complexity index is 280. The fraction of sp³-hybridized carbons (Fsp3) is 1.00. The van der Waals surface area contributed by atoms with Gasteiger partial charge in [0.05, 0.1) is 6.61 Å². The van der Waals surface area contributed by atoms with Gasteiger partial charge in [0, 0.05) is 4.91 Å². The Morgan fingerprint density at radius 1 is 1.33 bits per heavy atom. The number of azide groups is 1. The lowest BCUT2D eigenvalue weighted by Crippen LogP contribution is -2.64. The van der Waals surface area contributed by atoms with Gasteiger partial charge in [-0.05, 0) is 10.6 Å². The number of aliphatic hydroxyl groups excluding tert-OH is 4. The Morgan fingerprint density at radius 3 is 2.40 bits per heavy atom. The van der Waals surface area contributed by atoms with Crippen LogP contribution < -0.4 is 0 Å². The van der Waals surface area contributed by atoms with E-state index in [1.807, 2.05) is 0 Å². The first kappa shape index (κ1) is 12.1. The number of aliphatic hydroxyl groups is 5. The smallest absolute Gasteiger partial charge is 0.276 e. The molecule has 0 aromatic heterocycles.